The number of nitrogens with zero attached hydrogens (tertiary/aromatic N) is 3. The van der Waals surface area contributed by atoms with Crippen LogP contribution in [0.2, 0.25) is 0 Å². The fourth-order valence-electron chi connectivity index (χ4n) is 2.86. The van der Waals surface area contributed by atoms with E-state index in [-0.39, 0.29) is 0 Å². The van der Waals surface area contributed by atoms with Crippen molar-refractivity contribution >= 4 is 11.3 Å². The lowest BCUT2D eigenvalue weighted by atomic mass is 9.98. The van der Waals surface area contributed by atoms with E-state index in [2.05, 4.69) is 51.3 Å². The summed E-state index contributed by atoms with van der Waals surface area (Å²) in [5.41, 5.74) is 3.91. The highest BCUT2D eigenvalue weighted by molar-refractivity contribution is 7.10. The highest BCUT2D eigenvalue weighted by Gasteiger charge is 2.20. The number of benzene rings is 1. The summed E-state index contributed by atoms with van der Waals surface area (Å²) in [4.78, 5) is 1.50. The minimum Gasteiger partial charge on any atom is -0.309 e. The second-order valence-electron chi connectivity index (χ2n) is 5.28. The lowest BCUT2D eigenvalue weighted by Gasteiger charge is -2.24. The molecule has 0 aliphatic carbocycles. The first-order chi connectivity index (χ1) is 10.4. The summed E-state index contributed by atoms with van der Waals surface area (Å²) in [6.45, 7) is 1.07. The zero-order valence-electron chi connectivity index (χ0n) is 11.6. The number of nitrogens with one attached hydrogen (secondary N) is 1. The van der Waals surface area contributed by atoms with E-state index in [0.29, 0.717) is 6.04 Å². The molecule has 21 heavy (non-hydrogen) atoms. The third-order valence-corrected chi connectivity index (χ3v) is 5.02. The summed E-state index contributed by atoms with van der Waals surface area (Å²) < 4.78 is 1.78. The van der Waals surface area contributed by atoms with Gasteiger partial charge in [0.25, 0.3) is 0 Å². The Kier molecular flexibility index (Phi) is 3.29. The largest absolute Gasteiger partial charge is 0.309 e. The van der Waals surface area contributed by atoms with Crippen LogP contribution in [0.3, 0.4) is 0 Å². The molecule has 0 amide bonds. The molecule has 0 radical (unpaired) electrons. The molecule has 0 fully saturated rings. The van der Waals surface area contributed by atoms with Gasteiger partial charge in [0, 0.05) is 10.9 Å². The van der Waals surface area contributed by atoms with Gasteiger partial charge in [-0.05, 0) is 54.1 Å². The number of hydrogen-bond acceptors (Lipinski definition) is 4. The number of rotatable bonds is 3. The Bertz CT molecular complexity index is 715. The van der Waals surface area contributed by atoms with E-state index in [0.717, 1.165) is 25.1 Å². The van der Waals surface area contributed by atoms with Gasteiger partial charge in [-0.2, -0.15) is 0 Å². The highest BCUT2D eigenvalue weighted by Crippen LogP contribution is 2.30. The van der Waals surface area contributed by atoms with Crippen molar-refractivity contribution in [2.24, 2.45) is 0 Å². The van der Waals surface area contributed by atoms with Crippen molar-refractivity contribution in [3.8, 4) is 5.69 Å². The van der Waals surface area contributed by atoms with Crippen molar-refractivity contribution in [1.82, 2.24) is 20.3 Å². The van der Waals surface area contributed by atoms with Crippen molar-refractivity contribution in [1.29, 1.82) is 0 Å². The number of fused-ring (bicyclic) bond motifs is 1. The molecule has 3 heterocycles. The Hall–Kier alpha value is -1.98. The molecule has 0 saturated carbocycles. The maximum Gasteiger partial charge on any atom is 0.0697 e. The van der Waals surface area contributed by atoms with Crippen LogP contribution in [0.5, 0.6) is 0 Å². The first kappa shape index (κ1) is 12.7. The van der Waals surface area contributed by atoms with Crippen molar-refractivity contribution in [3.05, 3.63) is 64.1 Å². The molecule has 0 bridgehead atoms. The van der Waals surface area contributed by atoms with Gasteiger partial charge in [-0.25, -0.2) is 4.68 Å². The molecule has 0 saturated heterocycles. The molecule has 1 atom stereocenters. The minimum atomic E-state index is 0.450. The Labute approximate surface area is 127 Å². The van der Waals surface area contributed by atoms with Crippen LogP contribution in [0.4, 0.5) is 0 Å². The molecule has 4 rings (SSSR count). The molecule has 1 aliphatic heterocycles. The summed E-state index contributed by atoms with van der Waals surface area (Å²) in [6, 6.07) is 11.3. The molecular weight excluding hydrogens is 280 g/mol. The van der Waals surface area contributed by atoms with Gasteiger partial charge < -0.3 is 5.32 Å². The molecule has 0 spiro atoms. The average Bonchev–Trinajstić information content (AvgIpc) is 3.20. The van der Waals surface area contributed by atoms with Crippen LogP contribution in [0.1, 0.15) is 22.0 Å². The number of hydrogen-bond donors (Lipinski definition) is 1. The predicted molar refractivity (Wildman–Crippen MR) is 83.8 cm³/mol. The second-order valence-corrected chi connectivity index (χ2v) is 6.23. The first-order valence-electron chi connectivity index (χ1n) is 7.15. The standard InChI is InChI=1S/C16H16N4S/c1-3-14(20-9-8-18-19-20)4-2-12(1)11-15-16-13(5-7-17-15)6-10-21-16/h1-4,6,8-10,15,17H,5,7,11H2. The van der Waals surface area contributed by atoms with Crippen molar-refractivity contribution in [2.75, 3.05) is 6.54 Å². The van der Waals surface area contributed by atoms with E-state index < -0.39 is 0 Å². The minimum absolute atomic E-state index is 0.450. The monoisotopic (exact) mass is 296 g/mol. The van der Waals surface area contributed by atoms with Crippen LogP contribution in [-0.4, -0.2) is 21.5 Å². The van der Waals surface area contributed by atoms with Gasteiger partial charge in [0.05, 0.1) is 18.1 Å². The van der Waals surface area contributed by atoms with Crippen LogP contribution in [0, 0.1) is 0 Å². The molecule has 1 N–H and O–H groups in total. The van der Waals surface area contributed by atoms with Crippen LogP contribution in [-0.2, 0) is 12.8 Å². The molecule has 5 heteroatoms. The maximum absolute atomic E-state index is 4.01. The van der Waals surface area contributed by atoms with Crippen LogP contribution < -0.4 is 5.32 Å². The molecule has 4 nitrogen and oxygen atoms in total. The van der Waals surface area contributed by atoms with Crippen molar-refractivity contribution in [3.63, 3.8) is 0 Å². The van der Waals surface area contributed by atoms with Gasteiger partial charge in [-0.1, -0.05) is 17.3 Å². The quantitative estimate of drug-likeness (QED) is 0.808. The zero-order chi connectivity index (χ0) is 14.1. The van der Waals surface area contributed by atoms with E-state index in [9.17, 15) is 0 Å². The molecule has 3 aromatic rings. The first-order valence-corrected chi connectivity index (χ1v) is 8.03. The highest BCUT2D eigenvalue weighted by atomic mass is 32.1. The summed E-state index contributed by atoms with van der Waals surface area (Å²) in [7, 11) is 0. The van der Waals surface area contributed by atoms with Gasteiger partial charge in [-0.15, -0.1) is 16.4 Å². The summed E-state index contributed by atoms with van der Waals surface area (Å²) in [5.74, 6) is 0. The van der Waals surface area contributed by atoms with Crippen molar-refractivity contribution < 1.29 is 0 Å². The van der Waals surface area contributed by atoms with E-state index >= 15 is 0 Å². The summed E-state index contributed by atoms with van der Waals surface area (Å²) >= 11 is 1.87. The van der Waals surface area contributed by atoms with Crippen LogP contribution >= 0.6 is 11.3 Å². The Morgan fingerprint density at radius 2 is 2.14 bits per heavy atom. The fourth-order valence-corrected chi connectivity index (χ4v) is 3.90. The molecule has 1 aromatic carbocycles. The normalized spacial score (nSPS) is 17.6. The smallest absolute Gasteiger partial charge is 0.0697 e. The fraction of sp³-hybridized carbons (Fsp3) is 0.250. The molecule has 106 valence electrons. The van der Waals surface area contributed by atoms with Gasteiger partial charge >= 0.3 is 0 Å². The third kappa shape index (κ3) is 2.50. The summed E-state index contributed by atoms with van der Waals surface area (Å²) in [6.07, 6.45) is 5.74. The molecular formula is C16H16N4S. The maximum atomic E-state index is 4.01. The molecule has 1 aliphatic rings. The van der Waals surface area contributed by atoms with Gasteiger partial charge in [-0.3, -0.25) is 0 Å². The Morgan fingerprint density at radius 3 is 2.95 bits per heavy atom. The summed E-state index contributed by atoms with van der Waals surface area (Å²) in [5, 5.41) is 13.7. The Balaban J connectivity index is 1.54. The van der Waals surface area contributed by atoms with Gasteiger partial charge in [0.2, 0.25) is 0 Å². The van der Waals surface area contributed by atoms with Crippen LogP contribution in [0.25, 0.3) is 5.69 Å². The lowest BCUT2D eigenvalue weighted by molar-refractivity contribution is 0.512. The van der Waals surface area contributed by atoms with E-state index in [1.54, 1.807) is 10.9 Å². The van der Waals surface area contributed by atoms with E-state index in [1.807, 2.05) is 17.5 Å². The number of thiophene rings is 1. The third-order valence-electron chi connectivity index (χ3n) is 3.95. The zero-order valence-corrected chi connectivity index (χ0v) is 12.4. The van der Waals surface area contributed by atoms with Crippen molar-refractivity contribution in [2.45, 2.75) is 18.9 Å². The van der Waals surface area contributed by atoms with Gasteiger partial charge in [0.1, 0.15) is 0 Å². The number of aromatic nitrogens is 3. The molecule has 2 aromatic heterocycles. The van der Waals surface area contributed by atoms with E-state index in [1.165, 1.54) is 16.0 Å². The van der Waals surface area contributed by atoms with E-state index in [4.69, 9.17) is 0 Å². The Morgan fingerprint density at radius 1 is 1.24 bits per heavy atom. The second kappa shape index (κ2) is 5.42. The van der Waals surface area contributed by atoms with Crippen LogP contribution in [0.15, 0.2) is 48.1 Å². The predicted octanol–water partition coefficient (Wildman–Crippen LogP) is 2.76. The lowest BCUT2D eigenvalue weighted by Crippen LogP contribution is -2.29. The average molecular weight is 296 g/mol. The van der Waals surface area contributed by atoms with Gasteiger partial charge in [0.15, 0.2) is 0 Å². The SMILES string of the molecule is c1cn(-c2ccc(CC3NCCc4ccsc43)cc2)nn1. The topological polar surface area (TPSA) is 42.7 Å². The molecule has 1 unspecified atom stereocenters.